The SMILES string of the molecule is COCCNC(=O)c1ccccc1NC(=O)CN(c1cc(OC)ccc1OC)S(C)(=O)=O. The molecule has 2 aromatic rings. The van der Waals surface area contributed by atoms with Crippen LogP contribution >= 0.6 is 0 Å². The number of methoxy groups -OCH3 is 3. The molecule has 0 aliphatic heterocycles. The first kappa shape index (κ1) is 25.0. The second-order valence-electron chi connectivity index (χ2n) is 6.65. The monoisotopic (exact) mass is 465 g/mol. The van der Waals surface area contributed by atoms with Crippen LogP contribution < -0.4 is 24.4 Å². The Morgan fingerprint density at radius 2 is 1.75 bits per heavy atom. The van der Waals surface area contributed by atoms with Crippen LogP contribution in [0.5, 0.6) is 11.5 Å². The van der Waals surface area contributed by atoms with Crippen molar-refractivity contribution in [3.8, 4) is 11.5 Å². The van der Waals surface area contributed by atoms with Crippen molar-refractivity contribution in [3.63, 3.8) is 0 Å². The molecule has 0 radical (unpaired) electrons. The highest BCUT2D eigenvalue weighted by Crippen LogP contribution is 2.33. The Morgan fingerprint density at radius 1 is 1.03 bits per heavy atom. The van der Waals surface area contributed by atoms with Gasteiger partial charge in [-0.2, -0.15) is 0 Å². The number of benzene rings is 2. The quantitative estimate of drug-likeness (QED) is 0.482. The van der Waals surface area contributed by atoms with Gasteiger partial charge in [-0.25, -0.2) is 8.42 Å². The number of amides is 2. The standard InChI is InChI=1S/C21H27N3O7S/c1-29-12-11-22-21(26)16-7-5-6-8-17(16)23-20(25)14-24(32(4,27)28)18-13-15(30-2)9-10-19(18)31-3/h5-10,13H,11-12,14H2,1-4H3,(H,22,26)(H,23,25). The molecule has 0 atom stereocenters. The third kappa shape index (κ3) is 6.59. The lowest BCUT2D eigenvalue weighted by atomic mass is 10.1. The first-order valence-corrected chi connectivity index (χ1v) is 11.4. The predicted molar refractivity (Wildman–Crippen MR) is 121 cm³/mol. The van der Waals surface area contributed by atoms with Crippen LogP contribution in [0.25, 0.3) is 0 Å². The van der Waals surface area contributed by atoms with E-state index in [1.54, 1.807) is 36.4 Å². The maximum absolute atomic E-state index is 12.8. The molecule has 2 aromatic carbocycles. The van der Waals surface area contributed by atoms with E-state index in [1.165, 1.54) is 27.4 Å². The summed E-state index contributed by atoms with van der Waals surface area (Å²) in [7, 11) is 0.494. The van der Waals surface area contributed by atoms with Crippen molar-refractivity contribution < 1.29 is 32.2 Å². The van der Waals surface area contributed by atoms with Crippen molar-refractivity contribution in [2.45, 2.75) is 0 Å². The lowest BCUT2D eigenvalue weighted by molar-refractivity contribution is -0.114. The van der Waals surface area contributed by atoms with Crippen molar-refractivity contribution in [1.29, 1.82) is 0 Å². The fourth-order valence-electron chi connectivity index (χ4n) is 2.84. The van der Waals surface area contributed by atoms with E-state index < -0.39 is 28.4 Å². The minimum atomic E-state index is -3.86. The third-order valence-electron chi connectivity index (χ3n) is 4.38. The van der Waals surface area contributed by atoms with Crippen molar-refractivity contribution in [2.75, 3.05) is 56.9 Å². The second-order valence-corrected chi connectivity index (χ2v) is 8.56. The van der Waals surface area contributed by atoms with Gasteiger partial charge in [-0.15, -0.1) is 0 Å². The van der Waals surface area contributed by atoms with Crippen LogP contribution in [0.3, 0.4) is 0 Å². The molecule has 11 heteroatoms. The first-order chi connectivity index (χ1) is 15.2. The molecule has 0 heterocycles. The average Bonchev–Trinajstić information content (AvgIpc) is 2.76. The van der Waals surface area contributed by atoms with Gasteiger partial charge in [-0.3, -0.25) is 13.9 Å². The summed E-state index contributed by atoms with van der Waals surface area (Å²) < 4.78 is 41.2. The molecule has 174 valence electrons. The molecule has 10 nitrogen and oxygen atoms in total. The van der Waals surface area contributed by atoms with Crippen LogP contribution in [0.1, 0.15) is 10.4 Å². The molecule has 2 amide bonds. The Morgan fingerprint density at radius 3 is 2.38 bits per heavy atom. The zero-order valence-corrected chi connectivity index (χ0v) is 19.2. The number of hydrogen-bond donors (Lipinski definition) is 2. The third-order valence-corrected chi connectivity index (χ3v) is 5.51. The number of para-hydroxylation sites is 1. The fraction of sp³-hybridized carbons (Fsp3) is 0.333. The minimum absolute atomic E-state index is 0.148. The summed E-state index contributed by atoms with van der Waals surface area (Å²) in [4.78, 5) is 25.2. The van der Waals surface area contributed by atoms with E-state index in [0.29, 0.717) is 18.9 Å². The number of ether oxygens (including phenoxy) is 3. The molecule has 0 bridgehead atoms. The van der Waals surface area contributed by atoms with Gasteiger partial charge in [0.05, 0.1) is 44.0 Å². The van der Waals surface area contributed by atoms with Gasteiger partial charge >= 0.3 is 0 Å². The lowest BCUT2D eigenvalue weighted by Gasteiger charge is -2.24. The molecule has 0 unspecified atom stereocenters. The van der Waals surface area contributed by atoms with Crippen LogP contribution in [0.15, 0.2) is 42.5 Å². The van der Waals surface area contributed by atoms with Crippen molar-refractivity contribution >= 4 is 33.2 Å². The van der Waals surface area contributed by atoms with Gasteiger partial charge in [0.1, 0.15) is 18.0 Å². The Kier molecular flexibility index (Phi) is 8.85. The average molecular weight is 466 g/mol. The molecule has 0 saturated carbocycles. The van der Waals surface area contributed by atoms with Gasteiger partial charge < -0.3 is 24.8 Å². The molecule has 2 rings (SSSR count). The zero-order chi connectivity index (χ0) is 23.7. The van der Waals surface area contributed by atoms with Gasteiger partial charge in [0.2, 0.25) is 15.9 Å². The predicted octanol–water partition coefficient (Wildman–Crippen LogP) is 1.48. The van der Waals surface area contributed by atoms with Crippen LogP contribution in [0, 0.1) is 0 Å². The molecule has 0 aromatic heterocycles. The van der Waals surface area contributed by atoms with Gasteiger partial charge in [-0.1, -0.05) is 12.1 Å². The number of rotatable bonds is 11. The normalized spacial score (nSPS) is 10.9. The summed E-state index contributed by atoms with van der Waals surface area (Å²) in [6.07, 6.45) is 0.983. The maximum atomic E-state index is 12.8. The maximum Gasteiger partial charge on any atom is 0.253 e. The summed E-state index contributed by atoms with van der Waals surface area (Å²) >= 11 is 0. The number of nitrogens with one attached hydrogen (secondary N) is 2. The van der Waals surface area contributed by atoms with Crippen LogP contribution in [-0.4, -0.2) is 67.5 Å². The summed E-state index contributed by atoms with van der Waals surface area (Å²) in [6.45, 7) is 0.100. The molecule has 0 aliphatic rings. The van der Waals surface area contributed by atoms with Crippen LogP contribution in [-0.2, 0) is 19.6 Å². The summed E-state index contributed by atoms with van der Waals surface area (Å²) in [5, 5.41) is 5.29. The Bertz CT molecular complexity index is 1060. The van der Waals surface area contributed by atoms with E-state index in [2.05, 4.69) is 10.6 Å². The van der Waals surface area contributed by atoms with Gasteiger partial charge in [0, 0.05) is 19.7 Å². The number of hydrogen-bond acceptors (Lipinski definition) is 7. The van der Waals surface area contributed by atoms with Crippen LogP contribution in [0.4, 0.5) is 11.4 Å². The van der Waals surface area contributed by atoms with Crippen LogP contribution in [0.2, 0.25) is 0 Å². The summed E-state index contributed by atoms with van der Waals surface area (Å²) in [5.74, 6) is -0.389. The molecular formula is C21H27N3O7S. The van der Waals surface area contributed by atoms with Gasteiger partial charge in [0.15, 0.2) is 0 Å². The lowest BCUT2D eigenvalue weighted by Crippen LogP contribution is -2.38. The number of anilines is 2. The molecule has 0 saturated heterocycles. The van der Waals surface area contributed by atoms with E-state index in [0.717, 1.165) is 10.6 Å². The topological polar surface area (TPSA) is 123 Å². The molecule has 32 heavy (non-hydrogen) atoms. The number of carbonyl (C=O) groups excluding carboxylic acids is 2. The smallest absolute Gasteiger partial charge is 0.253 e. The van der Waals surface area contributed by atoms with E-state index in [-0.39, 0.29) is 22.7 Å². The Balaban J connectivity index is 2.28. The summed E-state index contributed by atoms with van der Waals surface area (Å²) in [6, 6.07) is 11.0. The van der Waals surface area contributed by atoms with E-state index in [9.17, 15) is 18.0 Å². The minimum Gasteiger partial charge on any atom is -0.497 e. The van der Waals surface area contributed by atoms with Crippen molar-refractivity contribution in [2.24, 2.45) is 0 Å². The molecule has 2 N–H and O–H groups in total. The Labute approximate surface area is 187 Å². The highest BCUT2D eigenvalue weighted by Gasteiger charge is 2.25. The van der Waals surface area contributed by atoms with Gasteiger partial charge in [0.25, 0.3) is 5.91 Å². The van der Waals surface area contributed by atoms with Crippen molar-refractivity contribution in [1.82, 2.24) is 5.32 Å². The first-order valence-electron chi connectivity index (χ1n) is 9.57. The zero-order valence-electron chi connectivity index (χ0n) is 18.4. The van der Waals surface area contributed by atoms with E-state index in [4.69, 9.17) is 14.2 Å². The number of sulfonamides is 1. The fourth-order valence-corrected chi connectivity index (χ4v) is 3.70. The number of nitrogens with zero attached hydrogens (tertiary/aromatic N) is 1. The molecule has 0 aliphatic carbocycles. The number of carbonyl (C=O) groups is 2. The highest BCUT2D eigenvalue weighted by molar-refractivity contribution is 7.92. The van der Waals surface area contributed by atoms with E-state index >= 15 is 0 Å². The largest absolute Gasteiger partial charge is 0.497 e. The molecular weight excluding hydrogens is 438 g/mol. The van der Waals surface area contributed by atoms with E-state index in [1.807, 2.05) is 0 Å². The summed E-state index contributed by atoms with van der Waals surface area (Å²) in [5.41, 5.74) is 0.635. The highest BCUT2D eigenvalue weighted by atomic mass is 32.2. The van der Waals surface area contributed by atoms with Crippen molar-refractivity contribution in [3.05, 3.63) is 48.0 Å². The molecule has 0 spiro atoms. The Hall–Kier alpha value is -3.31. The van der Waals surface area contributed by atoms with Gasteiger partial charge in [-0.05, 0) is 24.3 Å². The second kappa shape index (κ2) is 11.3. The molecule has 0 fully saturated rings.